The number of pyridine rings is 1. The standard InChI is InChI=1S/C19H17ClN6O2/c1-11-18(20)12(2)26(25-11)10-14-3-4-16(28-14)19(27)22-17-9-15(23-24-17)13-5-7-21-8-6-13/h3-9H,10H2,1-2H3,(H2,22,23,24,27). The molecule has 0 spiro atoms. The van der Waals surface area contributed by atoms with E-state index in [0.717, 1.165) is 22.6 Å². The van der Waals surface area contributed by atoms with E-state index in [1.807, 2.05) is 26.0 Å². The number of aromatic amines is 1. The Morgan fingerprint density at radius 3 is 2.75 bits per heavy atom. The summed E-state index contributed by atoms with van der Waals surface area (Å²) in [6.07, 6.45) is 3.38. The predicted molar refractivity (Wildman–Crippen MR) is 104 cm³/mol. The van der Waals surface area contributed by atoms with Gasteiger partial charge in [0.1, 0.15) is 5.76 Å². The average molecular weight is 397 g/mol. The summed E-state index contributed by atoms with van der Waals surface area (Å²) in [5.41, 5.74) is 3.31. The Hall–Kier alpha value is -3.39. The van der Waals surface area contributed by atoms with Crippen molar-refractivity contribution in [1.82, 2.24) is 25.0 Å². The lowest BCUT2D eigenvalue weighted by molar-refractivity contribution is 0.0994. The summed E-state index contributed by atoms with van der Waals surface area (Å²) in [5, 5.41) is 14.7. The SMILES string of the molecule is Cc1nn(Cc2ccc(C(=O)Nc3cc(-c4ccncc4)[nH]n3)o2)c(C)c1Cl. The number of nitrogens with zero attached hydrogens (tertiary/aromatic N) is 4. The minimum absolute atomic E-state index is 0.191. The van der Waals surface area contributed by atoms with Crippen molar-refractivity contribution in [2.75, 3.05) is 5.32 Å². The van der Waals surface area contributed by atoms with Crippen LogP contribution < -0.4 is 5.32 Å². The molecule has 142 valence electrons. The minimum Gasteiger partial charge on any atom is -0.454 e. The number of nitrogens with one attached hydrogen (secondary N) is 2. The van der Waals surface area contributed by atoms with Gasteiger partial charge in [-0.15, -0.1) is 0 Å². The van der Waals surface area contributed by atoms with Crippen LogP contribution in [-0.2, 0) is 6.54 Å². The van der Waals surface area contributed by atoms with Crippen molar-refractivity contribution in [3.05, 3.63) is 70.7 Å². The molecule has 0 radical (unpaired) electrons. The molecule has 0 fully saturated rings. The molecule has 0 aliphatic heterocycles. The maximum Gasteiger partial charge on any atom is 0.292 e. The molecule has 4 rings (SSSR count). The lowest BCUT2D eigenvalue weighted by Gasteiger charge is -2.02. The van der Waals surface area contributed by atoms with E-state index >= 15 is 0 Å². The van der Waals surface area contributed by atoms with Crippen LogP contribution in [0.25, 0.3) is 11.3 Å². The zero-order valence-corrected chi connectivity index (χ0v) is 16.0. The lowest BCUT2D eigenvalue weighted by Crippen LogP contribution is -2.11. The Kier molecular flexibility index (Phi) is 4.70. The molecule has 9 heteroatoms. The van der Waals surface area contributed by atoms with Crippen LogP contribution >= 0.6 is 11.6 Å². The molecular weight excluding hydrogens is 380 g/mol. The summed E-state index contributed by atoms with van der Waals surface area (Å²) in [6.45, 7) is 4.12. The second-order valence-electron chi connectivity index (χ2n) is 6.27. The summed E-state index contributed by atoms with van der Waals surface area (Å²) >= 11 is 6.17. The first-order chi connectivity index (χ1) is 13.5. The Morgan fingerprint density at radius 2 is 2.04 bits per heavy atom. The average Bonchev–Trinajstić information content (AvgIpc) is 3.41. The van der Waals surface area contributed by atoms with Crippen LogP contribution in [0.3, 0.4) is 0 Å². The van der Waals surface area contributed by atoms with Crippen molar-refractivity contribution in [1.29, 1.82) is 0 Å². The number of furan rings is 1. The smallest absolute Gasteiger partial charge is 0.292 e. The third-order valence-corrected chi connectivity index (χ3v) is 4.84. The molecule has 4 heterocycles. The largest absolute Gasteiger partial charge is 0.454 e. The van der Waals surface area contributed by atoms with Crippen LogP contribution in [0.2, 0.25) is 5.02 Å². The van der Waals surface area contributed by atoms with E-state index in [1.54, 1.807) is 35.3 Å². The van der Waals surface area contributed by atoms with Gasteiger partial charge >= 0.3 is 0 Å². The fourth-order valence-corrected chi connectivity index (χ4v) is 2.94. The van der Waals surface area contributed by atoms with Gasteiger partial charge in [-0.25, -0.2) is 0 Å². The number of hydrogen-bond acceptors (Lipinski definition) is 5. The zero-order chi connectivity index (χ0) is 19.7. The van der Waals surface area contributed by atoms with Gasteiger partial charge in [-0.05, 0) is 38.1 Å². The van der Waals surface area contributed by atoms with Crippen molar-refractivity contribution < 1.29 is 9.21 Å². The fourth-order valence-electron chi connectivity index (χ4n) is 2.80. The van der Waals surface area contributed by atoms with Crippen LogP contribution in [0.15, 0.2) is 47.1 Å². The number of aryl methyl sites for hydroxylation is 1. The number of aromatic nitrogens is 5. The van der Waals surface area contributed by atoms with Crippen molar-refractivity contribution in [2.24, 2.45) is 0 Å². The zero-order valence-electron chi connectivity index (χ0n) is 15.2. The van der Waals surface area contributed by atoms with Gasteiger partial charge in [0, 0.05) is 24.0 Å². The minimum atomic E-state index is -0.384. The summed E-state index contributed by atoms with van der Waals surface area (Å²) < 4.78 is 7.40. The topological polar surface area (TPSA) is 102 Å². The number of H-pyrrole nitrogens is 1. The highest BCUT2D eigenvalue weighted by Gasteiger charge is 2.15. The van der Waals surface area contributed by atoms with Crippen LogP contribution in [0.5, 0.6) is 0 Å². The van der Waals surface area contributed by atoms with E-state index in [1.165, 1.54) is 0 Å². The fraction of sp³-hybridized carbons (Fsp3) is 0.158. The molecule has 2 N–H and O–H groups in total. The van der Waals surface area contributed by atoms with Gasteiger partial charge in [0.25, 0.3) is 5.91 Å². The number of amides is 1. The molecule has 0 aromatic carbocycles. The number of carbonyl (C=O) groups is 1. The molecule has 0 saturated carbocycles. The molecule has 0 aliphatic carbocycles. The molecule has 0 bridgehead atoms. The van der Waals surface area contributed by atoms with Gasteiger partial charge < -0.3 is 9.73 Å². The third kappa shape index (κ3) is 3.54. The molecule has 0 aliphatic rings. The van der Waals surface area contributed by atoms with Crippen LogP contribution in [0.1, 0.15) is 27.7 Å². The molecular formula is C19H17ClN6O2. The number of rotatable bonds is 5. The predicted octanol–water partition coefficient (Wildman–Crippen LogP) is 3.83. The van der Waals surface area contributed by atoms with E-state index in [4.69, 9.17) is 16.0 Å². The maximum atomic E-state index is 12.4. The molecule has 28 heavy (non-hydrogen) atoms. The van der Waals surface area contributed by atoms with Gasteiger partial charge in [-0.1, -0.05) is 11.6 Å². The number of halogens is 1. The molecule has 8 nitrogen and oxygen atoms in total. The Labute approximate surface area is 165 Å². The highest BCUT2D eigenvalue weighted by Crippen LogP contribution is 2.21. The molecule has 1 amide bonds. The molecule has 0 saturated heterocycles. The van der Waals surface area contributed by atoms with E-state index in [9.17, 15) is 4.79 Å². The monoisotopic (exact) mass is 396 g/mol. The third-order valence-electron chi connectivity index (χ3n) is 4.30. The van der Waals surface area contributed by atoms with E-state index < -0.39 is 0 Å². The molecule has 4 aromatic rings. The van der Waals surface area contributed by atoms with Crippen molar-refractivity contribution in [3.63, 3.8) is 0 Å². The second kappa shape index (κ2) is 7.32. The van der Waals surface area contributed by atoms with Crippen molar-refractivity contribution in [3.8, 4) is 11.3 Å². The first-order valence-electron chi connectivity index (χ1n) is 8.56. The highest BCUT2D eigenvalue weighted by atomic mass is 35.5. The normalized spacial score (nSPS) is 11.0. The quantitative estimate of drug-likeness (QED) is 0.533. The first kappa shape index (κ1) is 18.0. The van der Waals surface area contributed by atoms with Crippen LogP contribution in [0, 0.1) is 13.8 Å². The van der Waals surface area contributed by atoms with Gasteiger partial charge in [0.05, 0.1) is 28.6 Å². The van der Waals surface area contributed by atoms with Crippen molar-refractivity contribution >= 4 is 23.3 Å². The highest BCUT2D eigenvalue weighted by molar-refractivity contribution is 6.31. The Bertz CT molecular complexity index is 1130. The Balaban J connectivity index is 1.45. The number of anilines is 1. The molecule has 0 atom stereocenters. The van der Waals surface area contributed by atoms with E-state index in [2.05, 4.69) is 25.6 Å². The van der Waals surface area contributed by atoms with Gasteiger partial charge in [0.2, 0.25) is 0 Å². The van der Waals surface area contributed by atoms with Crippen LogP contribution in [-0.4, -0.2) is 30.9 Å². The molecule has 0 unspecified atom stereocenters. The van der Waals surface area contributed by atoms with Crippen LogP contribution in [0.4, 0.5) is 5.82 Å². The van der Waals surface area contributed by atoms with Gasteiger partial charge in [-0.3, -0.25) is 19.6 Å². The summed E-state index contributed by atoms with van der Waals surface area (Å²) in [4.78, 5) is 16.4. The summed E-state index contributed by atoms with van der Waals surface area (Å²) in [5.74, 6) is 0.813. The summed E-state index contributed by atoms with van der Waals surface area (Å²) in [6, 6.07) is 8.81. The second-order valence-corrected chi connectivity index (χ2v) is 6.64. The van der Waals surface area contributed by atoms with Gasteiger partial charge in [-0.2, -0.15) is 10.2 Å². The van der Waals surface area contributed by atoms with Crippen molar-refractivity contribution in [2.45, 2.75) is 20.4 Å². The Morgan fingerprint density at radius 1 is 1.25 bits per heavy atom. The summed E-state index contributed by atoms with van der Waals surface area (Å²) in [7, 11) is 0. The number of carbonyl (C=O) groups excluding carboxylic acids is 1. The van der Waals surface area contributed by atoms with Gasteiger partial charge in [0.15, 0.2) is 11.6 Å². The maximum absolute atomic E-state index is 12.4. The first-order valence-corrected chi connectivity index (χ1v) is 8.94. The number of hydrogen-bond donors (Lipinski definition) is 2. The van der Waals surface area contributed by atoms with E-state index in [-0.39, 0.29) is 11.7 Å². The van der Waals surface area contributed by atoms with E-state index in [0.29, 0.717) is 23.1 Å². The lowest BCUT2D eigenvalue weighted by atomic mass is 10.2. The molecule has 4 aromatic heterocycles.